The highest BCUT2D eigenvalue weighted by molar-refractivity contribution is 7.78. The van der Waals surface area contributed by atoms with Crippen LogP contribution in [0.1, 0.15) is 0 Å². The highest BCUT2D eigenvalue weighted by Crippen LogP contribution is 2.07. The molecule has 2 aromatic heterocycles. The van der Waals surface area contributed by atoms with Gasteiger partial charge in [0.2, 0.25) is 0 Å². The lowest BCUT2D eigenvalue weighted by atomic mass is 10.4. The van der Waals surface area contributed by atoms with Crippen molar-refractivity contribution in [3.05, 3.63) is 24.5 Å². The van der Waals surface area contributed by atoms with E-state index in [2.05, 4.69) is 22.9 Å². The van der Waals surface area contributed by atoms with Crippen molar-refractivity contribution in [1.82, 2.24) is 14.2 Å². The van der Waals surface area contributed by atoms with Crippen LogP contribution in [0.5, 0.6) is 0 Å². The highest BCUT2D eigenvalue weighted by atomic mass is 32.1. The van der Waals surface area contributed by atoms with E-state index in [4.69, 9.17) is 0 Å². The van der Waals surface area contributed by atoms with Gasteiger partial charge >= 0.3 is 0 Å². The molecular weight excluding hydrogens is 146 g/mol. The van der Waals surface area contributed by atoms with Gasteiger partial charge in [0, 0.05) is 6.20 Å². The van der Waals surface area contributed by atoms with Crippen LogP contribution >= 0.6 is 12.8 Å². The van der Waals surface area contributed by atoms with Gasteiger partial charge in [-0.05, 0) is 24.9 Å². The Bertz CT molecular complexity index is 322. The standard InChI is InChI=1S/C6H5N3S/c10-9-4-6-5(8-9)2-1-3-7-6/h1-4,10H. The molecule has 0 N–H and O–H groups in total. The van der Waals surface area contributed by atoms with Gasteiger partial charge in [-0.3, -0.25) is 4.98 Å². The number of fused-ring (bicyclic) bond motifs is 1. The minimum atomic E-state index is 0.873. The van der Waals surface area contributed by atoms with E-state index in [1.807, 2.05) is 12.1 Å². The molecule has 0 saturated heterocycles. The largest absolute Gasteiger partial charge is 0.253 e. The fourth-order valence-corrected chi connectivity index (χ4v) is 1.05. The summed E-state index contributed by atoms with van der Waals surface area (Å²) in [7, 11) is 0. The van der Waals surface area contributed by atoms with Gasteiger partial charge in [0.05, 0.1) is 6.20 Å². The quantitative estimate of drug-likeness (QED) is 0.572. The summed E-state index contributed by atoms with van der Waals surface area (Å²) in [5, 5.41) is 4.03. The van der Waals surface area contributed by atoms with E-state index in [0.717, 1.165) is 11.0 Å². The normalized spacial score (nSPS) is 10.5. The maximum atomic E-state index is 4.07. The van der Waals surface area contributed by atoms with Gasteiger partial charge in [0.15, 0.2) is 0 Å². The second-order valence-electron chi connectivity index (χ2n) is 1.96. The first-order valence-electron chi connectivity index (χ1n) is 2.86. The summed E-state index contributed by atoms with van der Waals surface area (Å²) in [5.41, 5.74) is 1.75. The fourth-order valence-electron chi connectivity index (χ4n) is 0.842. The molecule has 0 saturated carbocycles. The van der Waals surface area contributed by atoms with Gasteiger partial charge in [-0.2, -0.15) is 5.10 Å². The summed E-state index contributed by atoms with van der Waals surface area (Å²) in [6.45, 7) is 0. The molecule has 0 fully saturated rings. The van der Waals surface area contributed by atoms with Crippen LogP contribution in [0.4, 0.5) is 0 Å². The number of thiol groups is 1. The molecule has 2 aromatic rings. The molecule has 2 rings (SSSR count). The molecule has 10 heavy (non-hydrogen) atoms. The molecule has 2 heterocycles. The molecule has 0 radical (unpaired) electrons. The minimum Gasteiger partial charge on any atom is -0.253 e. The predicted molar refractivity (Wildman–Crippen MR) is 41.9 cm³/mol. The topological polar surface area (TPSA) is 30.7 Å². The Hall–Kier alpha value is -1.03. The molecule has 0 amide bonds. The van der Waals surface area contributed by atoms with E-state index in [1.54, 1.807) is 12.4 Å². The van der Waals surface area contributed by atoms with Crippen molar-refractivity contribution in [3.63, 3.8) is 0 Å². The summed E-state index contributed by atoms with van der Waals surface area (Å²) in [5.74, 6) is 0. The van der Waals surface area contributed by atoms with Crippen molar-refractivity contribution < 1.29 is 0 Å². The molecule has 0 aliphatic heterocycles. The van der Waals surface area contributed by atoms with Crippen molar-refractivity contribution in [2.24, 2.45) is 0 Å². The average Bonchev–Trinajstić information content (AvgIpc) is 2.27. The first-order chi connectivity index (χ1) is 4.86. The van der Waals surface area contributed by atoms with Gasteiger partial charge in [-0.1, -0.05) is 0 Å². The van der Waals surface area contributed by atoms with Crippen LogP contribution in [0.15, 0.2) is 24.5 Å². The van der Waals surface area contributed by atoms with Crippen LogP contribution in [0, 0.1) is 0 Å². The lowest BCUT2D eigenvalue weighted by Gasteiger charge is -1.79. The lowest BCUT2D eigenvalue weighted by molar-refractivity contribution is 1.04. The zero-order valence-corrected chi connectivity index (χ0v) is 5.99. The van der Waals surface area contributed by atoms with E-state index < -0.39 is 0 Å². The first kappa shape index (κ1) is 5.73. The van der Waals surface area contributed by atoms with E-state index >= 15 is 0 Å². The minimum absolute atomic E-state index is 0.873. The Morgan fingerprint density at radius 1 is 1.40 bits per heavy atom. The summed E-state index contributed by atoms with van der Waals surface area (Å²) in [6, 6.07) is 3.75. The third-order valence-electron chi connectivity index (χ3n) is 1.26. The molecule has 3 nitrogen and oxygen atoms in total. The third-order valence-corrected chi connectivity index (χ3v) is 1.47. The van der Waals surface area contributed by atoms with E-state index in [-0.39, 0.29) is 0 Å². The number of hydrogen-bond acceptors (Lipinski definition) is 3. The maximum absolute atomic E-state index is 4.07. The number of nitrogens with zero attached hydrogens (tertiary/aromatic N) is 3. The molecule has 0 aromatic carbocycles. The summed E-state index contributed by atoms with van der Waals surface area (Å²) >= 11 is 4.01. The molecule has 0 atom stereocenters. The van der Waals surface area contributed by atoms with Crippen molar-refractivity contribution in [2.45, 2.75) is 0 Å². The monoisotopic (exact) mass is 151 g/mol. The van der Waals surface area contributed by atoms with Crippen molar-refractivity contribution in [3.8, 4) is 0 Å². The molecule has 0 spiro atoms. The van der Waals surface area contributed by atoms with Crippen LogP contribution in [0.3, 0.4) is 0 Å². The lowest BCUT2D eigenvalue weighted by Crippen LogP contribution is -1.75. The van der Waals surface area contributed by atoms with Gasteiger partial charge in [-0.15, -0.1) is 0 Å². The third kappa shape index (κ3) is 0.769. The zero-order valence-electron chi connectivity index (χ0n) is 5.10. The van der Waals surface area contributed by atoms with Crippen molar-refractivity contribution >= 4 is 23.8 Å². The molecule has 0 bridgehead atoms. The van der Waals surface area contributed by atoms with Gasteiger partial charge in [-0.25, -0.2) is 4.09 Å². The molecule has 4 heteroatoms. The van der Waals surface area contributed by atoms with Gasteiger partial charge < -0.3 is 0 Å². The van der Waals surface area contributed by atoms with Crippen LogP contribution in [-0.4, -0.2) is 14.2 Å². The van der Waals surface area contributed by atoms with Crippen LogP contribution < -0.4 is 0 Å². The predicted octanol–water partition coefficient (Wildman–Crippen LogP) is 1.12. The Balaban J connectivity index is 2.88. The van der Waals surface area contributed by atoms with Crippen molar-refractivity contribution in [2.75, 3.05) is 0 Å². The molecule has 50 valence electrons. The molecule has 0 aliphatic carbocycles. The summed E-state index contributed by atoms with van der Waals surface area (Å²) in [4.78, 5) is 4.07. The second kappa shape index (κ2) is 1.98. The van der Waals surface area contributed by atoms with E-state index in [9.17, 15) is 0 Å². The number of aromatic nitrogens is 3. The fraction of sp³-hybridized carbons (Fsp3) is 0. The molecule has 0 unspecified atom stereocenters. The second-order valence-corrected chi connectivity index (χ2v) is 2.37. The SMILES string of the molecule is Sn1cc2ncccc2n1. The summed E-state index contributed by atoms with van der Waals surface area (Å²) < 4.78 is 1.46. The summed E-state index contributed by atoms with van der Waals surface area (Å²) in [6.07, 6.45) is 3.50. The smallest absolute Gasteiger partial charge is 0.112 e. The van der Waals surface area contributed by atoms with Gasteiger partial charge in [0.25, 0.3) is 0 Å². The van der Waals surface area contributed by atoms with Crippen LogP contribution in [-0.2, 0) is 0 Å². The number of hydrogen-bond donors (Lipinski definition) is 1. The highest BCUT2D eigenvalue weighted by Gasteiger charge is 1.95. The average molecular weight is 151 g/mol. The van der Waals surface area contributed by atoms with Crippen molar-refractivity contribution in [1.29, 1.82) is 0 Å². The van der Waals surface area contributed by atoms with Crippen LogP contribution in [0.25, 0.3) is 11.0 Å². The Kier molecular flexibility index (Phi) is 1.14. The number of pyridine rings is 1. The van der Waals surface area contributed by atoms with Gasteiger partial charge in [0.1, 0.15) is 11.0 Å². The molecular formula is C6H5N3S. The Morgan fingerprint density at radius 2 is 2.30 bits per heavy atom. The number of rotatable bonds is 0. The Labute approximate surface area is 63.2 Å². The van der Waals surface area contributed by atoms with Crippen LogP contribution in [0.2, 0.25) is 0 Å². The van der Waals surface area contributed by atoms with E-state index in [1.165, 1.54) is 4.09 Å². The zero-order chi connectivity index (χ0) is 6.97. The Morgan fingerprint density at radius 3 is 3.10 bits per heavy atom. The maximum Gasteiger partial charge on any atom is 0.112 e. The van der Waals surface area contributed by atoms with E-state index in [0.29, 0.717) is 0 Å². The molecule has 0 aliphatic rings. The first-order valence-corrected chi connectivity index (χ1v) is 3.26.